The minimum absolute atomic E-state index is 0.0589. The van der Waals surface area contributed by atoms with Gasteiger partial charge < -0.3 is 10.1 Å². The van der Waals surface area contributed by atoms with Crippen molar-refractivity contribution >= 4 is 5.97 Å². The first-order valence-electron chi connectivity index (χ1n) is 7.76. The Morgan fingerprint density at radius 2 is 2.21 bits per heavy atom. The smallest absolute Gasteiger partial charge is 0.307 e. The van der Waals surface area contributed by atoms with E-state index in [9.17, 15) is 4.79 Å². The van der Waals surface area contributed by atoms with Gasteiger partial charge >= 0.3 is 5.97 Å². The third kappa shape index (κ3) is 3.93. The number of carbonyl (C=O) groups is 1. The number of piperidine rings is 2. The van der Waals surface area contributed by atoms with Crippen LogP contribution in [-0.4, -0.2) is 49.7 Å². The molecule has 19 heavy (non-hydrogen) atoms. The van der Waals surface area contributed by atoms with Crippen LogP contribution in [0.2, 0.25) is 0 Å². The molecule has 0 aromatic carbocycles. The fraction of sp³-hybridized carbons (Fsp3) is 0.933. The number of nitrogens with one attached hydrogen (secondary N) is 1. The molecule has 0 bridgehead atoms. The quantitative estimate of drug-likeness (QED) is 0.789. The van der Waals surface area contributed by atoms with Gasteiger partial charge in [0, 0.05) is 19.1 Å². The number of esters is 1. The normalized spacial score (nSPS) is 30.2. The second-order valence-corrected chi connectivity index (χ2v) is 6.21. The summed E-state index contributed by atoms with van der Waals surface area (Å²) in [6.45, 7) is 9.09. The van der Waals surface area contributed by atoms with Gasteiger partial charge in [0.05, 0.1) is 13.0 Å². The molecule has 0 amide bonds. The zero-order valence-electron chi connectivity index (χ0n) is 12.4. The van der Waals surface area contributed by atoms with Crippen molar-refractivity contribution in [3.63, 3.8) is 0 Å². The SMILES string of the molecule is CCOC(=O)CC(C)N1CCCC2(CCCNC2)C1. The summed E-state index contributed by atoms with van der Waals surface area (Å²) in [7, 11) is 0. The zero-order chi connectivity index (χ0) is 13.7. The van der Waals surface area contributed by atoms with Crippen LogP contribution in [0, 0.1) is 5.41 Å². The predicted octanol–water partition coefficient (Wildman–Crippen LogP) is 1.79. The molecule has 0 aromatic rings. The van der Waals surface area contributed by atoms with E-state index in [-0.39, 0.29) is 5.97 Å². The van der Waals surface area contributed by atoms with Crippen LogP contribution in [0.4, 0.5) is 0 Å². The largest absolute Gasteiger partial charge is 0.466 e. The molecule has 2 saturated heterocycles. The molecular weight excluding hydrogens is 240 g/mol. The van der Waals surface area contributed by atoms with Gasteiger partial charge in [0.15, 0.2) is 0 Å². The molecule has 1 N–H and O–H groups in total. The van der Waals surface area contributed by atoms with Gasteiger partial charge in [0.25, 0.3) is 0 Å². The monoisotopic (exact) mass is 268 g/mol. The number of hydrogen-bond donors (Lipinski definition) is 1. The summed E-state index contributed by atoms with van der Waals surface area (Å²) < 4.78 is 5.06. The molecule has 110 valence electrons. The van der Waals surface area contributed by atoms with E-state index >= 15 is 0 Å². The van der Waals surface area contributed by atoms with Crippen molar-refractivity contribution in [2.45, 2.75) is 52.0 Å². The molecule has 2 unspecified atom stereocenters. The molecule has 2 aliphatic rings. The molecule has 0 aliphatic carbocycles. The average Bonchev–Trinajstić information content (AvgIpc) is 2.40. The molecule has 2 rings (SSSR count). The lowest BCUT2D eigenvalue weighted by Gasteiger charge is -2.47. The predicted molar refractivity (Wildman–Crippen MR) is 76.1 cm³/mol. The minimum Gasteiger partial charge on any atom is -0.466 e. The average molecular weight is 268 g/mol. The van der Waals surface area contributed by atoms with Gasteiger partial charge in [-0.05, 0) is 58.0 Å². The van der Waals surface area contributed by atoms with Crippen LogP contribution >= 0.6 is 0 Å². The van der Waals surface area contributed by atoms with Gasteiger partial charge in [-0.3, -0.25) is 9.69 Å². The van der Waals surface area contributed by atoms with E-state index in [4.69, 9.17) is 4.74 Å². The second kappa shape index (κ2) is 6.71. The summed E-state index contributed by atoms with van der Waals surface area (Å²) in [6, 6.07) is 0.304. The Kier molecular flexibility index (Phi) is 5.22. The van der Waals surface area contributed by atoms with Crippen LogP contribution in [0.15, 0.2) is 0 Å². The minimum atomic E-state index is -0.0589. The number of likely N-dealkylation sites (tertiary alicyclic amines) is 1. The molecule has 0 saturated carbocycles. The summed E-state index contributed by atoms with van der Waals surface area (Å²) in [4.78, 5) is 14.1. The zero-order valence-corrected chi connectivity index (χ0v) is 12.4. The van der Waals surface area contributed by atoms with E-state index in [0.717, 1.165) is 19.6 Å². The molecule has 2 heterocycles. The van der Waals surface area contributed by atoms with Gasteiger partial charge in [-0.1, -0.05) is 0 Å². The van der Waals surface area contributed by atoms with Crippen molar-refractivity contribution in [1.82, 2.24) is 10.2 Å². The lowest BCUT2D eigenvalue weighted by molar-refractivity contribution is -0.144. The highest BCUT2D eigenvalue weighted by atomic mass is 16.5. The Labute approximate surface area is 116 Å². The summed E-state index contributed by atoms with van der Waals surface area (Å²) in [6.07, 6.45) is 5.75. The molecule has 1 spiro atoms. The number of nitrogens with zero attached hydrogens (tertiary/aromatic N) is 1. The Morgan fingerprint density at radius 3 is 2.89 bits per heavy atom. The highest BCUT2D eigenvalue weighted by Crippen LogP contribution is 2.36. The van der Waals surface area contributed by atoms with E-state index in [1.165, 1.54) is 32.2 Å². The molecule has 4 heteroatoms. The summed E-state index contributed by atoms with van der Waals surface area (Å²) in [5, 5.41) is 3.55. The maximum absolute atomic E-state index is 11.6. The number of rotatable bonds is 4. The van der Waals surface area contributed by atoms with Crippen LogP contribution in [-0.2, 0) is 9.53 Å². The van der Waals surface area contributed by atoms with E-state index in [0.29, 0.717) is 24.5 Å². The first kappa shape index (κ1) is 14.8. The Morgan fingerprint density at radius 1 is 1.42 bits per heavy atom. The molecule has 0 radical (unpaired) electrons. The van der Waals surface area contributed by atoms with Crippen molar-refractivity contribution in [2.24, 2.45) is 5.41 Å². The lowest BCUT2D eigenvalue weighted by atomic mass is 9.74. The van der Waals surface area contributed by atoms with Crippen LogP contribution in [0.25, 0.3) is 0 Å². The topological polar surface area (TPSA) is 41.6 Å². The Hall–Kier alpha value is -0.610. The van der Waals surface area contributed by atoms with Gasteiger partial charge in [-0.2, -0.15) is 0 Å². The Bertz CT molecular complexity index is 295. The van der Waals surface area contributed by atoms with Crippen LogP contribution in [0.1, 0.15) is 46.0 Å². The third-order valence-corrected chi connectivity index (χ3v) is 4.64. The summed E-state index contributed by atoms with van der Waals surface area (Å²) in [5.74, 6) is -0.0589. The summed E-state index contributed by atoms with van der Waals surface area (Å²) in [5.41, 5.74) is 0.458. The van der Waals surface area contributed by atoms with E-state index < -0.39 is 0 Å². The fourth-order valence-corrected chi connectivity index (χ4v) is 3.59. The number of ether oxygens (including phenoxy) is 1. The Balaban J connectivity index is 1.87. The van der Waals surface area contributed by atoms with Crippen molar-refractivity contribution in [3.8, 4) is 0 Å². The van der Waals surface area contributed by atoms with Crippen LogP contribution < -0.4 is 5.32 Å². The molecule has 4 nitrogen and oxygen atoms in total. The fourth-order valence-electron chi connectivity index (χ4n) is 3.59. The highest BCUT2D eigenvalue weighted by molar-refractivity contribution is 5.70. The van der Waals surface area contributed by atoms with Gasteiger partial charge in [0.1, 0.15) is 0 Å². The van der Waals surface area contributed by atoms with Gasteiger partial charge in [-0.15, -0.1) is 0 Å². The number of carbonyl (C=O) groups excluding carboxylic acids is 1. The van der Waals surface area contributed by atoms with Crippen molar-refractivity contribution in [2.75, 3.05) is 32.8 Å². The van der Waals surface area contributed by atoms with Crippen LogP contribution in [0.5, 0.6) is 0 Å². The second-order valence-electron chi connectivity index (χ2n) is 6.21. The van der Waals surface area contributed by atoms with Crippen molar-refractivity contribution in [3.05, 3.63) is 0 Å². The maximum atomic E-state index is 11.6. The standard InChI is InChI=1S/C15H28N2O2/c1-3-19-14(18)10-13(2)17-9-5-7-15(12-17)6-4-8-16-11-15/h13,16H,3-12H2,1-2H3. The first-order valence-corrected chi connectivity index (χ1v) is 7.76. The summed E-state index contributed by atoms with van der Waals surface area (Å²) >= 11 is 0. The molecule has 2 aliphatic heterocycles. The first-order chi connectivity index (χ1) is 9.15. The van der Waals surface area contributed by atoms with E-state index in [1.807, 2.05) is 6.92 Å². The van der Waals surface area contributed by atoms with Gasteiger partial charge in [0.2, 0.25) is 0 Å². The van der Waals surface area contributed by atoms with Crippen molar-refractivity contribution < 1.29 is 9.53 Å². The van der Waals surface area contributed by atoms with Gasteiger partial charge in [-0.25, -0.2) is 0 Å². The molecule has 2 atom stereocenters. The lowest BCUT2D eigenvalue weighted by Crippen LogP contribution is -2.53. The molecular formula is C15H28N2O2. The van der Waals surface area contributed by atoms with Crippen molar-refractivity contribution in [1.29, 1.82) is 0 Å². The van der Waals surface area contributed by atoms with E-state index in [2.05, 4.69) is 17.1 Å². The van der Waals surface area contributed by atoms with Crippen LogP contribution in [0.3, 0.4) is 0 Å². The molecule has 0 aromatic heterocycles. The molecule has 2 fully saturated rings. The number of hydrogen-bond acceptors (Lipinski definition) is 4. The highest BCUT2D eigenvalue weighted by Gasteiger charge is 2.37. The van der Waals surface area contributed by atoms with E-state index in [1.54, 1.807) is 0 Å². The maximum Gasteiger partial charge on any atom is 0.307 e. The third-order valence-electron chi connectivity index (χ3n) is 4.64.